The van der Waals surface area contributed by atoms with Crippen molar-refractivity contribution in [3.63, 3.8) is 0 Å². The minimum Gasteiger partial charge on any atom is -0.490 e. The summed E-state index contributed by atoms with van der Waals surface area (Å²) >= 11 is 0. The standard InChI is InChI=1S/C35H43FN4O5/c1-5-40(35(43)25-7-8-25)31-20-27(18-28(24(31)4)33(41)37-21-29-22(2)17-23(3)38-34(29)42)26-9-10-32(30(36)19-26)45-14-6-11-39-12-15-44-16-13-39/h9-10,17-20,25H,5-8,11-16,21H2,1-4H3,(H,37,41)(H,38,42). The van der Waals surface area contributed by atoms with Crippen LogP contribution >= 0.6 is 0 Å². The predicted octanol–water partition coefficient (Wildman–Crippen LogP) is 4.90. The smallest absolute Gasteiger partial charge is 0.253 e. The van der Waals surface area contributed by atoms with Gasteiger partial charge < -0.3 is 24.7 Å². The number of carbonyl (C=O) groups excluding carboxylic acids is 2. The van der Waals surface area contributed by atoms with E-state index in [-0.39, 0.29) is 35.6 Å². The van der Waals surface area contributed by atoms with E-state index in [9.17, 15) is 14.4 Å². The van der Waals surface area contributed by atoms with Crippen molar-refractivity contribution in [1.29, 1.82) is 0 Å². The molecule has 2 fully saturated rings. The fourth-order valence-corrected chi connectivity index (χ4v) is 5.84. The van der Waals surface area contributed by atoms with Crippen molar-refractivity contribution in [2.75, 3.05) is 50.9 Å². The Bertz CT molecular complexity index is 1610. The van der Waals surface area contributed by atoms with Crippen molar-refractivity contribution >= 4 is 17.5 Å². The second kappa shape index (κ2) is 14.4. The minimum absolute atomic E-state index is 0.0151. The Hall–Kier alpha value is -4.02. The largest absolute Gasteiger partial charge is 0.490 e. The number of aromatic nitrogens is 1. The van der Waals surface area contributed by atoms with Gasteiger partial charge in [0.25, 0.3) is 11.5 Å². The molecule has 2 N–H and O–H groups in total. The number of ether oxygens (including phenoxy) is 2. The number of H-pyrrole nitrogens is 1. The van der Waals surface area contributed by atoms with Gasteiger partial charge in [-0.15, -0.1) is 0 Å². The topological polar surface area (TPSA) is 104 Å². The number of amides is 2. The van der Waals surface area contributed by atoms with Gasteiger partial charge in [-0.3, -0.25) is 19.3 Å². The maximum atomic E-state index is 15.3. The molecule has 0 bridgehead atoms. The fourth-order valence-electron chi connectivity index (χ4n) is 5.84. The van der Waals surface area contributed by atoms with Gasteiger partial charge in [-0.1, -0.05) is 6.07 Å². The minimum atomic E-state index is -0.498. The quantitative estimate of drug-likeness (QED) is 0.280. The van der Waals surface area contributed by atoms with Crippen LogP contribution < -0.4 is 20.5 Å². The zero-order valence-electron chi connectivity index (χ0n) is 26.6. The van der Waals surface area contributed by atoms with E-state index < -0.39 is 5.82 Å². The number of morpholine rings is 1. The Morgan fingerprint density at radius 1 is 1.09 bits per heavy atom. The van der Waals surface area contributed by atoms with Gasteiger partial charge in [-0.25, -0.2) is 4.39 Å². The Morgan fingerprint density at radius 2 is 1.84 bits per heavy atom. The maximum absolute atomic E-state index is 15.3. The predicted molar refractivity (Wildman–Crippen MR) is 172 cm³/mol. The summed E-state index contributed by atoms with van der Waals surface area (Å²) in [4.78, 5) is 46.3. The van der Waals surface area contributed by atoms with Crippen LogP contribution in [0.15, 0.2) is 41.2 Å². The van der Waals surface area contributed by atoms with Crippen LogP contribution in [0, 0.1) is 32.5 Å². The maximum Gasteiger partial charge on any atom is 0.253 e. The van der Waals surface area contributed by atoms with E-state index in [2.05, 4.69) is 15.2 Å². The Morgan fingerprint density at radius 3 is 2.51 bits per heavy atom. The number of aromatic amines is 1. The van der Waals surface area contributed by atoms with Crippen molar-refractivity contribution < 1.29 is 23.5 Å². The van der Waals surface area contributed by atoms with Crippen molar-refractivity contribution in [1.82, 2.24) is 15.2 Å². The highest BCUT2D eigenvalue weighted by molar-refractivity contribution is 6.03. The second-order valence-electron chi connectivity index (χ2n) is 12.0. The molecule has 10 heteroatoms. The lowest BCUT2D eigenvalue weighted by molar-refractivity contribution is -0.119. The van der Waals surface area contributed by atoms with Crippen LogP contribution in [0.1, 0.15) is 58.9 Å². The molecule has 240 valence electrons. The average Bonchev–Trinajstić information content (AvgIpc) is 3.87. The number of halogens is 1. The van der Waals surface area contributed by atoms with E-state index in [1.165, 1.54) is 6.07 Å². The molecule has 1 aliphatic heterocycles. The molecule has 5 rings (SSSR count). The van der Waals surface area contributed by atoms with Crippen LogP contribution in [0.25, 0.3) is 11.1 Å². The van der Waals surface area contributed by atoms with Gasteiger partial charge >= 0.3 is 0 Å². The van der Waals surface area contributed by atoms with Crippen LogP contribution in [0.2, 0.25) is 0 Å². The molecule has 45 heavy (non-hydrogen) atoms. The van der Waals surface area contributed by atoms with E-state index in [0.29, 0.717) is 46.7 Å². The molecule has 1 aliphatic carbocycles. The van der Waals surface area contributed by atoms with Gasteiger partial charge in [0.05, 0.1) is 19.8 Å². The van der Waals surface area contributed by atoms with Crippen LogP contribution in [0.3, 0.4) is 0 Å². The van der Waals surface area contributed by atoms with Crippen LogP contribution in [-0.2, 0) is 16.1 Å². The van der Waals surface area contributed by atoms with Crippen LogP contribution in [0.4, 0.5) is 10.1 Å². The third kappa shape index (κ3) is 7.80. The van der Waals surface area contributed by atoms with Gasteiger partial charge in [0.15, 0.2) is 11.6 Å². The molecule has 0 spiro atoms. The number of nitrogens with one attached hydrogen (secondary N) is 2. The first-order chi connectivity index (χ1) is 21.7. The Kier molecular flexibility index (Phi) is 10.4. The van der Waals surface area contributed by atoms with Crippen molar-refractivity contribution in [3.8, 4) is 16.9 Å². The zero-order chi connectivity index (χ0) is 32.1. The highest BCUT2D eigenvalue weighted by atomic mass is 19.1. The van der Waals surface area contributed by atoms with E-state index in [0.717, 1.165) is 63.4 Å². The summed E-state index contributed by atoms with van der Waals surface area (Å²) in [7, 11) is 0. The molecule has 2 heterocycles. The van der Waals surface area contributed by atoms with Gasteiger partial charge in [0.1, 0.15) is 0 Å². The summed E-state index contributed by atoms with van der Waals surface area (Å²) in [5, 5.41) is 2.89. The highest BCUT2D eigenvalue weighted by Gasteiger charge is 2.34. The van der Waals surface area contributed by atoms with Crippen molar-refractivity contribution in [3.05, 3.63) is 80.5 Å². The molecule has 9 nitrogen and oxygen atoms in total. The molecule has 0 unspecified atom stereocenters. The SMILES string of the molecule is CCN(C(=O)C1CC1)c1cc(-c2ccc(OCCCN3CCOCC3)c(F)c2)cc(C(=O)NCc2c(C)cc(C)[nH]c2=O)c1C. The number of anilines is 1. The third-order valence-corrected chi connectivity index (χ3v) is 8.59. The molecular weight excluding hydrogens is 575 g/mol. The van der Waals surface area contributed by atoms with Gasteiger partial charge in [0, 0.05) is 61.1 Å². The molecule has 2 aliphatic rings. The van der Waals surface area contributed by atoms with Crippen molar-refractivity contribution in [2.24, 2.45) is 5.92 Å². The molecule has 0 radical (unpaired) electrons. The highest BCUT2D eigenvalue weighted by Crippen LogP contribution is 2.37. The van der Waals surface area contributed by atoms with E-state index in [4.69, 9.17) is 9.47 Å². The van der Waals surface area contributed by atoms with Crippen LogP contribution in [-0.4, -0.2) is 67.7 Å². The molecule has 1 saturated carbocycles. The van der Waals surface area contributed by atoms with Gasteiger partial charge in [-0.2, -0.15) is 0 Å². The first-order valence-electron chi connectivity index (χ1n) is 15.8. The summed E-state index contributed by atoms with van der Waals surface area (Å²) in [5.41, 5.74) is 4.54. The molecule has 0 atom stereocenters. The molecule has 3 aromatic rings. The lowest BCUT2D eigenvalue weighted by atomic mass is 9.96. The Labute approximate surface area is 263 Å². The number of nitrogens with zero attached hydrogens (tertiary/aromatic N) is 2. The van der Waals surface area contributed by atoms with Crippen molar-refractivity contribution in [2.45, 2.75) is 53.5 Å². The molecular formula is C35H43FN4O5. The summed E-state index contributed by atoms with van der Waals surface area (Å²) in [6.45, 7) is 12.4. The fraction of sp³-hybridized carbons (Fsp3) is 0.457. The number of hydrogen-bond acceptors (Lipinski definition) is 6. The van der Waals surface area contributed by atoms with E-state index in [1.807, 2.05) is 39.8 Å². The van der Waals surface area contributed by atoms with Gasteiger partial charge in [-0.05, 0) is 99.5 Å². The first kappa shape index (κ1) is 32.4. The monoisotopic (exact) mass is 618 g/mol. The molecule has 1 saturated heterocycles. The third-order valence-electron chi connectivity index (χ3n) is 8.59. The van der Waals surface area contributed by atoms with Crippen LogP contribution in [0.5, 0.6) is 5.75 Å². The first-order valence-corrected chi connectivity index (χ1v) is 15.8. The normalized spacial score (nSPS) is 15.1. The summed E-state index contributed by atoms with van der Waals surface area (Å²) in [6.07, 6.45) is 2.48. The average molecular weight is 619 g/mol. The Balaban J connectivity index is 1.39. The molecule has 1 aromatic heterocycles. The number of pyridine rings is 1. The van der Waals surface area contributed by atoms with E-state index >= 15 is 4.39 Å². The summed E-state index contributed by atoms with van der Waals surface area (Å²) < 4.78 is 26.5. The number of hydrogen-bond donors (Lipinski definition) is 2. The van der Waals surface area contributed by atoms with Gasteiger partial charge in [0.2, 0.25) is 5.91 Å². The number of benzene rings is 2. The molecule has 2 amide bonds. The number of carbonyl (C=O) groups is 2. The lowest BCUT2D eigenvalue weighted by Gasteiger charge is -2.26. The van der Waals surface area contributed by atoms with E-state index in [1.54, 1.807) is 23.1 Å². The number of aryl methyl sites for hydroxylation is 2. The summed E-state index contributed by atoms with van der Waals surface area (Å²) in [6, 6.07) is 10.2. The molecule has 2 aromatic carbocycles. The number of rotatable bonds is 12. The lowest BCUT2D eigenvalue weighted by Crippen LogP contribution is -2.37. The zero-order valence-corrected chi connectivity index (χ0v) is 26.6. The second-order valence-corrected chi connectivity index (χ2v) is 12.0. The summed E-state index contributed by atoms with van der Waals surface area (Å²) in [5.74, 6) is -0.701.